The van der Waals surface area contributed by atoms with Crippen molar-refractivity contribution in [3.05, 3.63) is 24.2 Å². The summed E-state index contributed by atoms with van der Waals surface area (Å²) in [5, 5.41) is 3.48. The molecule has 3 heteroatoms. The Hall–Kier alpha value is -0.800. The number of rotatable bonds is 4. The average molecular weight is 208 g/mol. The normalized spacial score (nSPS) is 26.3. The number of hydrogen-bond donors (Lipinski definition) is 1. The Balaban J connectivity index is 1.79. The molecule has 0 bridgehead atoms. The fraction of sp³-hybridized carbons (Fsp3) is 0.667. The van der Waals surface area contributed by atoms with Gasteiger partial charge in [-0.1, -0.05) is 0 Å². The summed E-state index contributed by atoms with van der Waals surface area (Å²) in [5.74, 6) is 1.83. The summed E-state index contributed by atoms with van der Waals surface area (Å²) in [6, 6.07) is 4.64. The molecule has 0 aliphatic carbocycles. The Kier molecular flexibility index (Phi) is 3.44. The molecule has 2 rings (SSSR count). The van der Waals surface area contributed by atoms with Gasteiger partial charge in [0.15, 0.2) is 0 Å². The van der Waals surface area contributed by atoms with Gasteiger partial charge in [-0.15, -0.1) is 0 Å². The zero-order valence-corrected chi connectivity index (χ0v) is 9.57. The third-order valence-electron chi connectivity index (χ3n) is 3.24. The molecule has 1 aromatic rings. The van der Waals surface area contributed by atoms with Crippen LogP contribution in [0.1, 0.15) is 19.1 Å². The van der Waals surface area contributed by atoms with Crippen LogP contribution in [-0.4, -0.2) is 31.1 Å². The van der Waals surface area contributed by atoms with Gasteiger partial charge in [0.05, 0.1) is 12.8 Å². The summed E-state index contributed by atoms with van der Waals surface area (Å²) in [6.45, 7) is 5.50. The SMILES string of the molecule is CC1NCCC1CN(C)Cc1ccco1. The lowest BCUT2D eigenvalue weighted by Crippen LogP contribution is -2.32. The minimum absolute atomic E-state index is 0.657. The van der Waals surface area contributed by atoms with Crippen molar-refractivity contribution in [1.82, 2.24) is 10.2 Å². The summed E-state index contributed by atoms with van der Waals surface area (Å²) < 4.78 is 5.34. The second-order valence-electron chi connectivity index (χ2n) is 4.57. The second-order valence-corrected chi connectivity index (χ2v) is 4.57. The van der Waals surface area contributed by atoms with Crippen molar-refractivity contribution in [2.75, 3.05) is 20.1 Å². The van der Waals surface area contributed by atoms with Gasteiger partial charge in [-0.3, -0.25) is 4.90 Å². The summed E-state index contributed by atoms with van der Waals surface area (Å²) >= 11 is 0. The van der Waals surface area contributed by atoms with E-state index >= 15 is 0 Å². The number of hydrogen-bond acceptors (Lipinski definition) is 3. The summed E-state index contributed by atoms with van der Waals surface area (Å²) in [7, 11) is 2.16. The highest BCUT2D eigenvalue weighted by Gasteiger charge is 2.23. The molecule has 0 saturated carbocycles. The van der Waals surface area contributed by atoms with Crippen molar-refractivity contribution in [2.24, 2.45) is 5.92 Å². The van der Waals surface area contributed by atoms with Crippen molar-refractivity contribution < 1.29 is 4.42 Å². The zero-order valence-electron chi connectivity index (χ0n) is 9.57. The molecule has 2 atom stereocenters. The molecule has 0 radical (unpaired) electrons. The first-order valence-electron chi connectivity index (χ1n) is 5.70. The van der Waals surface area contributed by atoms with Crippen LogP contribution in [-0.2, 0) is 6.54 Å². The van der Waals surface area contributed by atoms with Crippen LogP contribution >= 0.6 is 0 Å². The third kappa shape index (κ3) is 2.83. The first-order valence-corrected chi connectivity index (χ1v) is 5.70. The first kappa shape index (κ1) is 10.7. The van der Waals surface area contributed by atoms with E-state index in [4.69, 9.17) is 4.42 Å². The van der Waals surface area contributed by atoms with Crippen LogP contribution in [0.25, 0.3) is 0 Å². The smallest absolute Gasteiger partial charge is 0.117 e. The van der Waals surface area contributed by atoms with Crippen LogP contribution in [0.5, 0.6) is 0 Å². The lowest BCUT2D eigenvalue weighted by molar-refractivity contribution is 0.242. The van der Waals surface area contributed by atoms with Crippen molar-refractivity contribution in [3.8, 4) is 0 Å². The van der Waals surface area contributed by atoms with Crippen molar-refractivity contribution >= 4 is 0 Å². The largest absolute Gasteiger partial charge is 0.468 e. The molecule has 0 spiro atoms. The molecule has 0 aromatic carbocycles. The molecule has 1 aliphatic rings. The minimum atomic E-state index is 0.657. The van der Waals surface area contributed by atoms with Crippen molar-refractivity contribution in [1.29, 1.82) is 0 Å². The van der Waals surface area contributed by atoms with E-state index in [2.05, 4.69) is 24.2 Å². The highest BCUT2D eigenvalue weighted by Crippen LogP contribution is 2.17. The Morgan fingerprint density at radius 1 is 1.60 bits per heavy atom. The predicted octanol–water partition coefficient (Wildman–Crippen LogP) is 1.71. The van der Waals surface area contributed by atoms with Gasteiger partial charge in [0.25, 0.3) is 0 Å². The van der Waals surface area contributed by atoms with Gasteiger partial charge < -0.3 is 9.73 Å². The van der Waals surface area contributed by atoms with Gasteiger partial charge in [-0.2, -0.15) is 0 Å². The van der Waals surface area contributed by atoms with E-state index in [1.165, 1.54) is 13.0 Å². The highest BCUT2D eigenvalue weighted by molar-refractivity contribution is 4.97. The maximum absolute atomic E-state index is 5.34. The van der Waals surface area contributed by atoms with E-state index in [0.29, 0.717) is 6.04 Å². The molecule has 3 nitrogen and oxygen atoms in total. The molecule has 2 unspecified atom stereocenters. The van der Waals surface area contributed by atoms with E-state index in [-0.39, 0.29) is 0 Å². The lowest BCUT2D eigenvalue weighted by Gasteiger charge is -2.22. The standard InChI is InChI=1S/C12H20N2O/c1-10-11(5-6-13-10)8-14(2)9-12-4-3-7-15-12/h3-4,7,10-11,13H,5-6,8-9H2,1-2H3. The topological polar surface area (TPSA) is 28.4 Å². The van der Waals surface area contributed by atoms with E-state index in [1.54, 1.807) is 6.26 Å². The summed E-state index contributed by atoms with van der Waals surface area (Å²) in [6.07, 6.45) is 3.03. The molecular weight excluding hydrogens is 188 g/mol. The van der Waals surface area contributed by atoms with Gasteiger partial charge in [-0.25, -0.2) is 0 Å². The molecule has 1 aliphatic heterocycles. The first-order chi connectivity index (χ1) is 7.25. The summed E-state index contributed by atoms with van der Waals surface area (Å²) in [5.41, 5.74) is 0. The van der Waals surface area contributed by atoms with Crippen LogP contribution in [0.2, 0.25) is 0 Å². The van der Waals surface area contributed by atoms with Gasteiger partial charge in [0.1, 0.15) is 5.76 Å². The molecule has 1 fully saturated rings. The Morgan fingerprint density at radius 3 is 3.07 bits per heavy atom. The second kappa shape index (κ2) is 4.81. The van der Waals surface area contributed by atoms with Crippen LogP contribution < -0.4 is 5.32 Å². The van der Waals surface area contributed by atoms with Crippen molar-refractivity contribution in [2.45, 2.75) is 25.9 Å². The molecule has 15 heavy (non-hydrogen) atoms. The Morgan fingerprint density at radius 2 is 2.47 bits per heavy atom. The maximum atomic E-state index is 5.34. The quantitative estimate of drug-likeness (QED) is 0.816. The van der Waals surface area contributed by atoms with Gasteiger partial charge >= 0.3 is 0 Å². The monoisotopic (exact) mass is 208 g/mol. The molecule has 1 aromatic heterocycles. The fourth-order valence-corrected chi connectivity index (χ4v) is 2.30. The maximum Gasteiger partial charge on any atom is 0.117 e. The van der Waals surface area contributed by atoms with E-state index < -0.39 is 0 Å². The van der Waals surface area contributed by atoms with Gasteiger partial charge in [-0.05, 0) is 45.0 Å². The van der Waals surface area contributed by atoms with Crippen LogP contribution in [0.3, 0.4) is 0 Å². The Labute approximate surface area is 91.4 Å². The van der Waals surface area contributed by atoms with E-state index in [0.717, 1.165) is 24.8 Å². The van der Waals surface area contributed by atoms with Crippen LogP contribution in [0.4, 0.5) is 0 Å². The molecule has 0 amide bonds. The molecule has 2 heterocycles. The summed E-state index contributed by atoms with van der Waals surface area (Å²) in [4.78, 5) is 2.34. The fourth-order valence-electron chi connectivity index (χ4n) is 2.30. The molecule has 1 N–H and O–H groups in total. The minimum Gasteiger partial charge on any atom is -0.468 e. The lowest BCUT2D eigenvalue weighted by atomic mass is 10.0. The third-order valence-corrected chi connectivity index (χ3v) is 3.24. The average Bonchev–Trinajstić information content (AvgIpc) is 2.79. The van der Waals surface area contributed by atoms with Gasteiger partial charge in [0, 0.05) is 12.6 Å². The van der Waals surface area contributed by atoms with Crippen LogP contribution in [0.15, 0.2) is 22.8 Å². The highest BCUT2D eigenvalue weighted by atomic mass is 16.3. The zero-order chi connectivity index (χ0) is 10.7. The van der Waals surface area contributed by atoms with E-state index in [9.17, 15) is 0 Å². The molecule has 1 saturated heterocycles. The number of furan rings is 1. The van der Waals surface area contributed by atoms with E-state index in [1.807, 2.05) is 12.1 Å². The van der Waals surface area contributed by atoms with Crippen molar-refractivity contribution in [3.63, 3.8) is 0 Å². The van der Waals surface area contributed by atoms with Crippen LogP contribution in [0, 0.1) is 5.92 Å². The molecule has 84 valence electrons. The predicted molar refractivity (Wildman–Crippen MR) is 60.6 cm³/mol. The number of nitrogens with zero attached hydrogens (tertiary/aromatic N) is 1. The van der Waals surface area contributed by atoms with Gasteiger partial charge in [0.2, 0.25) is 0 Å². The molecular formula is C12H20N2O. The number of nitrogens with one attached hydrogen (secondary N) is 1. The Bertz CT molecular complexity index is 284.